The lowest BCUT2D eigenvalue weighted by molar-refractivity contribution is 0.0793. The van der Waals surface area contributed by atoms with Crippen LogP contribution in [0.4, 0.5) is 5.95 Å². The number of nitrogens with one attached hydrogen (secondary N) is 1. The fraction of sp³-hybridized carbons (Fsp3) is 0.500. The maximum atomic E-state index is 12.4. The molecule has 2 aromatic rings. The third-order valence-electron chi connectivity index (χ3n) is 5.25. The molecule has 1 amide bonds. The van der Waals surface area contributed by atoms with E-state index in [9.17, 15) is 4.79 Å². The Balaban J connectivity index is 1.61. The molecule has 1 aliphatic carbocycles. The predicted octanol–water partition coefficient (Wildman–Crippen LogP) is 4.76. The molecular formula is C22H30N4O. The van der Waals surface area contributed by atoms with Crippen LogP contribution in [0, 0.1) is 0 Å². The highest BCUT2D eigenvalue weighted by molar-refractivity contribution is 5.94. The van der Waals surface area contributed by atoms with E-state index >= 15 is 0 Å². The Morgan fingerprint density at radius 2 is 1.74 bits per heavy atom. The van der Waals surface area contributed by atoms with Gasteiger partial charge in [0.25, 0.3) is 5.91 Å². The maximum Gasteiger partial charge on any atom is 0.253 e. The highest BCUT2D eigenvalue weighted by atomic mass is 16.2. The lowest BCUT2D eigenvalue weighted by atomic mass is 9.96. The minimum Gasteiger partial charge on any atom is -0.351 e. The van der Waals surface area contributed by atoms with E-state index in [2.05, 4.69) is 22.2 Å². The molecule has 1 fully saturated rings. The minimum atomic E-state index is 0.0679. The fourth-order valence-electron chi connectivity index (χ4n) is 3.50. The molecule has 1 aromatic heterocycles. The molecule has 1 heterocycles. The normalized spacial score (nSPS) is 14.7. The van der Waals surface area contributed by atoms with Crippen molar-refractivity contribution in [3.8, 4) is 11.1 Å². The van der Waals surface area contributed by atoms with Crippen LogP contribution in [0.2, 0.25) is 0 Å². The summed E-state index contributed by atoms with van der Waals surface area (Å²) in [4.78, 5) is 23.2. The zero-order valence-corrected chi connectivity index (χ0v) is 16.4. The largest absolute Gasteiger partial charge is 0.351 e. The molecule has 144 valence electrons. The summed E-state index contributed by atoms with van der Waals surface area (Å²) in [6.07, 6.45) is 12.1. The van der Waals surface area contributed by atoms with Gasteiger partial charge < -0.3 is 10.2 Å². The molecule has 5 heteroatoms. The van der Waals surface area contributed by atoms with E-state index in [4.69, 9.17) is 0 Å². The Morgan fingerprint density at radius 3 is 2.37 bits per heavy atom. The Hall–Kier alpha value is -2.43. The van der Waals surface area contributed by atoms with Crippen LogP contribution in [0.15, 0.2) is 36.7 Å². The zero-order valence-electron chi connectivity index (χ0n) is 16.4. The quantitative estimate of drug-likeness (QED) is 0.767. The Bertz CT molecular complexity index is 721. The lowest BCUT2D eigenvalue weighted by Crippen LogP contribution is -2.27. The van der Waals surface area contributed by atoms with Gasteiger partial charge in [0.15, 0.2) is 0 Å². The number of amides is 1. The van der Waals surface area contributed by atoms with Crippen molar-refractivity contribution in [2.24, 2.45) is 0 Å². The van der Waals surface area contributed by atoms with Gasteiger partial charge >= 0.3 is 0 Å². The number of rotatable bonds is 7. The number of carbonyl (C=O) groups excluding carboxylic acids is 1. The molecular weight excluding hydrogens is 336 g/mol. The summed E-state index contributed by atoms with van der Waals surface area (Å²) < 4.78 is 0. The molecule has 0 saturated heterocycles. The fourth-order valence-corrected chi connectivity index (χ4v) is 3.50. The number of aromatic nitrogens is 2. The zero-order chi connectivity index (χ0) is 19.1. The van der Waals surface area contributed by atoms with Crippen molar-refractivity contribution < 1.29 is 4.79 Å². The second kappa shape index (κ2) is 9.49. The summed E-state index contributed by atoms with van der Waals surface area (Å²) in [5.74, 6) is 0.772. The van der Waals surface area contributed by atoms with Gasteiger partial charge in [-0.3, -0.25) is 4.79 Å². The smallest absolute Gasteiger partial charge is 0.253 e. The first-order valence-electron chi connectivity index (χ1n) is 10.1. The van der Waals surface area contributed by atoms with E-state index in [-0.39, 0.29) is 5.91 Å². The van der Waals surface area contributed by atoms with E-state index in [0.717, 1.165) is 30.5 Å². The van der Waals surface area contributed by atoms with Crippen molar-refractivity contribution >= 4 is 11.9 Å². The number of carbonyl (C=O) groups is 1. The summed E-state index contributed by atoms with van der Waals surface area (Å²) in [5.41, 5.74) is 2.70. The number of anilines is 1. The number of hydrogen-bond acceptors (Lipinski definition) is 4. The van der Waals surface area contributed by atoms with Crippen LogP contribution < -0.4 is 5.32 Å². The van der Waals surface area contributed by atoms with Gasteiger partial charge in [-0.1, -0.05) is 44.7 Å². The van der Waals surface area contributed by atoms with Gasteiger partial charge in [-0.25, -0.2) is 9.97 Å². The second-order valence-electron chi connectivity index (χ2n) is 7.43. The van der Waals surface area contributed by atoms with Gasteiger partial charge in [-0.15, -0.1) is 0 Å². The van der Waals surface area contributed by atoms with E-state index in [1.807, 2.05) is 43.7 Å². The summed E-state index contributed by atoms with van der Waals surface area (Å²) in [5, 5.41) is 3.44. The van der Waals surface area contributed by atoms with E-state index in [1.165, 1.54) is 32.1 Å². The lowest BCUT2D eigenvalue weighted by Gasteiger charge is -2.22. The molecule has 27 heavy (non-hydrogen) atoms. The topological polar surface area (TPSA) is 58.1 Å². The first-order chi connectivity index (χ1) is 13.2. The third kappa shape index (κ3) is 5.28. The van der Waals surface area contributed by atoms with Gasteiger partial charge in [0, 0.05) is 43.2 Å². The molecule has 1 saturated carbocycles. The Morgan fingerprint density at radius 1 is 1.07 bits per heavy atom. The predicted molar refractivity (Wildman–Crippen MR) is 110 cm³/mol. The molecule has 0 aliphatic heterocycles. The van der Waals surface area contributed by atoms with Crippen LogP contribution in [0.3, 0.4) is 0 Å². The summed E-state index contributed by atoms with van der Waals surface area (Å²) in [6, 6.07) is 8.20. The molecule has 1 aliphatic rings. The van der Waals surface area contributed by atoms with Crippen molar-refractivity contribution in [3.05, 3.63) is 42.2 Å². The van der Waals surface area contributed by atoms with Gasteiger partial charge in [0.05, 0.1) is 0 Å². The van der Waals surface area contributed by atoms with Crippen molar-refractivity contribution in [1.29, 1.82) is 0 Å². The summed E-state index contributed by atoms with van der Waals surface area (Å²) in [6.45, 7) is 2.92. The van der Waals surface area contributed by atoms with Crippen LogP contribution in [0.1, 0.15) is 62.2 Å². The van der Waals surface area contributed by atoms with E-state index < -0.39 is 0 Å². The Kier molecular flexibility index (Phi) is 6.80. The number of nitrogens with zero attached hydrogens (tertiary/aromatic N) is 3. The van der Waals surface area contributed by atoms with Crippen molar-refractivity contribution in [2.75, 3.05) is 18.9 Å². The first kappa shape index (κ1) is 19.3. The van der Waals surface area contributed by atoms with E-state index in [1.54, 1.807) is 4.90 Å². The number of unbranched alkanes of at least 4 members (excludes halogenated alkanes) is 1. The van der Waals surface area contributed by atoms with Gasteiger partial charge in [0.1, 0.15) is 0 Å². The van der Waals surface area contributed by atoms with Gasteiger partial charge in [0.2, 0.25) is 5.95 Å². The maximum absolute atomic E-state index is 12.4. The molecule has 0 unspecified atom stereocenters. The highest BCUT2D eigenvalue weighted by Crippen LogP contribution is 2.22. The van der Waals surface area contributed by atoms with Gasteiger partial charge in [-0.2, -0.15) is 0 Å². The molecule has 0 atom stereocenters. The molecule has 5 nitrogen and oxygen atoms in total. The van der Waals surface area contributed by atoms with Crippen molar-refractivity contribution in [3.63, 3.8) is 0 Å². The molecule has 0 radical (unpaired) electrons. The van der Waals surface area contributed by atoms with Crippen LogP contribution in [0.25, 0.3) is 11.1 Å². The monoisotopic (exact) mass is 366 g/mol. The van der Waals surface area contributed by atoms with Crippen LogP contribution in [-0.2, 0) is 0 Å². The summed E-state index contributed by atoms with van der Waals surface area (Å²) >= 11 is 0. The minimum absolute atomic E-state index is 0.0679. The average molecular weight is 367 g/mol. The highest BCUT2D eigenvalue weighted by Gasteiger charge is 2.14. The SMILES string of the molecule is CCCCN(C)C(=O)c1ccc(-c2cnc(NC3CCCCC3)nc2)cc1. The van der Waals surface area contributed by atoms with Gasteiger partial charge in [-0.05, 0) is 37.0 Å². The molecule has 0 spiro atoms. The average Bonchev–Trinajstić information content (AvgIpc) is 2.73. The third-order valence-corrected chi connectivity index (χ3v) is 5.25. The number of benzene rings is 1. The number of hydrogen-bond donors (Lipinski definition) is 1. The van der Waals surface area contributed by atoms with Crippen LogP contribution in [-0.4, -0.2) is 40.4 Å². The second-order valence-corrected chi connectivity index (χ2v) is 7.43. The standard InChI is InChI=1S/C22H30N4O/c1-3-4-14-26(2)21(27)18-12-10-17(11-13-18)19-15-23-22(24-16-19)25-20-8-6-5-7-9-20/h10-13,15-16,20H,3-9,14H2,1-2H3,(H,23,24,25). The molecule has 3 rings (SSSR count). The first-order valence-corrected chi connectivity index (χ1v) is 10.1. The van der Waals surface area contributed by atoms with Crippen LogP contribution in [0.5, 0.6) is 0 Å². The van der Waals surface area contributed by atoms with E-state index in [0.29, 0.717) is 17.6 Å². The Labute approximate surface area is 162 Å². The molecule has 1 aromatic carbocycles. The summed E-state index contributed by atoms with van der Waals surface area (Å²) in [7, 11) is 1.86. The molecule has 1 N–H and O–H groups in total. The van der Waals surface area contributed by atoms with Crippen LogP contribution >= 0.6 is 0 Å². The molecule has 0 bridgehead atoms. The van der Waals surface area contributed by atoms with Crippen molar-refractivity contribution in [1.82, 2.24) is 14.9 Å². The van der Waals surface area contributed by atoms with Crippen molar-refractivity contribution in [2.45, 2.75) is 57.9 Å².